The average Bonchev–Trinajstić information content (AvgIpc) is 2.57. The van der Waals surface area contributed by atoms with Crippen LogP contribution >= 0.6 is 0 Å². The molecule has 1 aliphatic heterocycles. The van der Waals surface area contributed by atoms with Crippen LogP contribution in [0.5, 0.6) is 0 Å². The van der Waals surface area contributed by atoms with Crippen molar-refractivity contribution in [2.75, 3.05) is 6.54 Å². The number of nitrogens with zero attached hydrogens (tertiary/aromatic N) is 1. The molecule has 4 nitrogen and oxygen atoms in total. The zero-order valence-corrected chi connectivity index (χ0v) is 13.2. The fraction of sp³-hybridized carbons (Fsp3) is 0.529. The van der Waals surface area contributed by atoms with Gasteiger partial charge in [0, 0.05) is 18.7 Å². The highest BCUT2D eigenvalue weighted by atomic mass is 16.6. The number of carbonyl (C=O) groups is 2. The first-order valence-corrected chi connectivity index (χ1v) is 7.37. The highest BCUT2D eigenvalue weighted by Gasteiger charge is 2.24. The summed E-state index contributed by atoms with van der Waals surface area (Å²) in [5, 5.41) is 0. The second-order valence-electron chi connectivity index (χ2n) is 6.55. The minimum Gasteiger partial charge on any atom is -0.444 e. The normalized spacial score (nSPS) is 15.1. The Morgan fingerprint density at radius 3 is 2.52 bits per heavy atom. The molecule has 0 aromatic heterocycles. The van der Waals surface area contributed by atoms with Crippen molar-refractivity contribution in [1.29, 1.82) is 0 Å². The number of hydrogen-bond donors (Lipinski definition) is 0. The second-order valence-corrected chi connectivity index (χ2v) is 6.55. The van der Waals surface area contributed by atoms with Crippen LogP contribution in [0.15, 0.2) is 18.2 Å². The van der Waals surface area contributed by atoms with Crippen molar-refractivity contribution in [2.24, 2.45) is 0 Å². The lowest BCUT2D eigenvalue weighted by atomic mass is 10.00. The van der Waals surface area contributed by atoms with E-state index in [1.807, 2.05) is 39.0 Å². The number of hydrogen-bond acceptors (Lipinski definition) is 3. The maximum atomic E-state index is 12.2. The molecule has 0 radical (unpaired) electrons. The topological polar surface area (TPSA) is 46.6 Å². The van der Waals surface area contributed by atoms with E-state index in [0.717, 1.165) is 18.4 Å². The highest BCUT2D eigenvalue weighted by molar-refractivity contribution is 5.94. The van der Waals surface area contributed by atoms with E-state index in [0.29, 0.717) is 18.7 Å². The first kappa shape index (κ1) is 15.5. The number of fused-ring (bicyclic) bond motifs is 1. The Hall–Kier alpha value is -1.84. The minimum atomic E-state index is -0.493. The van der Waals surface area contributed by atoms with Gasteiger partial charge in [0.1, 0.15) is 5.60 Å². The molecule has 0 spiro atoms. The Morgan fingerprint density at radius 2 is 1.90 bits per heavy atom. The maximum absolute atomic E-state index is 12.2. The molecule has 21 heavy (non-hydrogen) atoms. The number of amides is 1. The molecule has 0 bridgehead atoms. The molecule has 0 unspecified atom stereocenters. The third-order valence-corrected chi connectivity index (χ3v) is 3.50. The molecule has 4 heteroatoms. The molecular weight excluding hydrogens is 266 g/mol. The summed E-state index contributed by atoms with van der Waals surface area (Å²) in [6.07, 6.45) is 1.54. The van der Waals surface area contributed by atoms with Gasteiger partial charge in [-0.2, -0.15) is 0 Å². The van der Waals surface area contributed by atoms with Gasteiger partial charge in [-0.1, -0.05) is 12.1 Å². The van der Waals surface area contributed by atoms with Crippen molar-refractivity contribution in [3.05, 3.63) is 34.9 Å². The van der Waals surface area contributed by atoms with Crippen LogP contribution in [0.2, 0.25) is 0 Å². The smallest absolute Gasteiger partial charge is 0.410 e. The van der Waals surface area contributed by atoms with E-state index in [-0.39, 0.29) is 11.9 Å². The number of Topliss-reactive ketones (excluding diaryl/α,β-unsaturated/α-hetero) is 1. The summed E-state index contributed by atoms with van der Waals surface area (Å²) in [5.41, 5.74) is 2.46. The Labute approximate surface area is 126 Å². The van der Waals surface area contributed by atoms with E-state index in [2.05, 4.69) is 0 Å². The number of ketones is 1. The van der Waals surface area contributed by atoms with Gasteiger partial charge in [0.2, 0.25) is 0 Å². The first-order valence-electron chi connectivity index (χ1n) is 7.37. The Balaban J connectivity index is 2.21. The van der Waals surface area contributed by atoms with E-state index in [1.165, 1.54) is 5.56 Å². The number of aryl methyl sites for hydroxylation is 1. The highest BCUT2D eigenvalue weighted by Crippen LogP contribution is 2.22. The average molecular weight is 289 g/mol. The zero-order valence-electron chi connectivity index (χ0n) is 13.2. The number of carbonyl (C=O) groups excluding carboxylic acids is 2. The van der Waals surface area contributed by atoms with Crippen molar-refractivity contribution >= 4 is 11.9 Å². The van der Waals surface area contributed by atoms with Crippen LogP contribution in [-0.2, 0) is 17.7 Å². The molecule has 0 atom stereocenters. The van der Waals surface area contributed by atoms with E-state index < -0.39 is 5.60 Å². The van der Waals surface area contributed by atoms with Gasteiger partial charge in [-0.05, 0) is 57.7 Å². The van der Waals surface area contributed by atoms with E-state index in [9.17, 15) is 9.59 Å². The standard InChI is InChI=1S/C17H23NO3/c1-12(19)14-8-7-13-6-5-9-18(11-15(13)10-14)16(20)21-17(2,3)4/h7-8,10H,5-6,9,11H2,1-4H3. The lowest BCUT2D eigenvalue weighted by Crippen LogP contribution is -2.36. The molecule has 2 rings (SSSR count). The van der Waals surface area contributed by atoms with Crippen molar-refractivity contribution in [3.8, 4) is 0 Å². The lowest BCUT2D eigenvalue weighted by molar-refractivity contribution is 0.0237. The van der Waals surface area contributed by atoms with E-state index in [1.54, 1.807) is 11.8 Å². The van der Waals surface area contributed by atoms with Crippen LogP contribution in [0.4, 0.5) is 4.79 Å². The molecule has 1 aromatic rings. The van der Waals surface area contributed by atoms with E-state index in [4.69, 9.17) is 4.74 Å². The third kappa shape index (κ3) is 4.06. The number of benzene rings is 1. The summed E-state index contributed by atoms with van der Waals surface area (Å²) in [6, 6.07) is 5.77. The summed E-state index contributed by atoms with van der Waals surface area (Å²) in [6.45, 7) is 8.34. The predicted octanol–water partition coefficient (Wildman–Crippen LogP) is 3.57. The van der Waals surface area contributed by atoms with Gasteiger partial charge in [0.15, 0.2) is 5.78 Å². The molecule has 114 valence electrons. The zero-order chi connectivity index (χ0) is 15.6. The van der Waals surface area contributed by atoms with Crippen LogP contribution in [0, 0.1) is 0 Å². The Kier molecular flexibility index (Phi) is 4.35. The fourth-order valence-electron chi connectivity index (χ4n) is 2.46. The monoisotopic (exact) mass is 289 g/mol. The molecule has 1 aliphatic rings. The van der Waals surface area contributed by atoms with E-state index >= 15 is 0 Å². The van der Waals surface area contributed by atoms with Gasteiger partial charge in [-0.25, -0.2) is 4.79 Å². The summed E-state index contributed by atoms with van der Waals surface area (Å²) in [5.74, 6) is 0.0471. The minimum absolute atomic E-state index is 0.0471. The molecule has 0 N–H and O–H groups in total. The second kappa shape index (κ2) is 5.88. The molecule has 1 amide bonds. The lowest BCUT2D eigenvalue weighted by Gasteiger charge is -2.26. The van der Waals surface area contributed by atoms with Crippen LogP contribution in [0.3, 0.4) is 0 Å². The SMILES string of the molecule is CC(=O)c1ccc2c(c1)CN(C(=O)OC(C)(C)C)CCC2. The molecule has 0 aliphatic carbocycles. The van der Waals surface area contributed by atoms with Gasteiger partial charge in [-0.15, -0.1) is 0 Å². The summed E-state index contributed by atoms with van der Waals surface area (Å²) in [4.78, 5) is 25.5. The van der Waals surface area contributed by atoms with Gasteiger partial charge < -0.3 is 9.64 Å². The number of rotatable bonds is 1. The number of ether oxygens (including phenoxy) is 1. The third-order valence-electron chi connectivity index (χ3n) is 3.50. The molecular formula is C17H23NO3. The first-order chi connectivity index (χ1) is 9.76. The molecule has 0 fully saturated rings. The Morgan fingerprint density at radius 1 is 1.19 bits per heavy atom. The molecule has 0 saturated heterocycles. The van der Waals surface area contributed by atoms with Gasteiger partial charge in [0.25, 0.3) is 0 Å². The molecule has 1 heterocycles. The van der Waals surface area contributed by atoms with Gasteiger partial charge in [-0.3, -0.25) is 4.79 Å². The summed E-state index contributed by atoms with van der Waals surface area (Å²) < 4.78 is 5.45. The largest absolute Gasteiger partial charge is 0.444 e. The van der Waals surface area contributed by atoms with Gasteiger partial charge >= 0.3 is 6.09 Å². The fourth-order valence-corrected chi connectivity index (χ4v) is 2.46. The maximum Gasteiger partial charge on any atom is 0.410 e. The Bertz CT molecular complexity index is 558. The summed E-state index contributed by atoms with van der Waals surface area (Å²) in [7, 11) is 0. The van der Waals surface area contributed by atoms with Crippen LogP contribution in [0.25, 0.3) is 0 Å². The van der Waals surface area contributed by atoms with Crippen LogP contribution in [0.1, 0.15) is 55.6 Å². The van der Waals surface area contributed by atoms with Crippen molar-refractivity contribution in [2.45, 2.75) is 52.7 Å². The van der Waals surface area contributed by atoms with Crippen molar-refractivity contribution in [1.82, 2.24) is 4.90 Å². The predicted molar refractivity (Wildman–Crippen MR) is 81.4 cm³/mol. The van der Waals surface area contributed by atoms with Crippen LogP contribution in [-0.4, -0.2) is 28.9 Å². The molecule has 1 aromatic carbocycles. The molecule has 0 saturated carbocycles. The van der Waals surface area contributed by atoms with Crippen molar-refractivity contribution < 1.29 is 14.3 Å². The van der Waals surface area contributed by atoms with Crippen LogP contribution < -0.4 is 0 Å². The summed E-state index contributed by atoms with van der Waals surface area (Å²) >= 11 is 0. The van der Waals surface area contributed by atoms with Gasteiger partial charge in [0.05, 0.1) is 0 Å². The quantitative estimate of drug-likeness (QED) is 0.742. The van der Waals surface area contributed by atoms with Crippen molar-refractivity contribution in [3.63, 3.8) is 0 Å².